The van der Waals surface area contributed by atoms with Crippen LogP contribution in [0.3, 0.4) is 0 Å². The fourth-order valence-corrected chi connectivity index (χ4v) is 1.28. The standard InChI is InChI=1S/C10H13FN2S/c1-7(13-10(14)12-2)8-3-5-9(11)6-4-8/h3-7H,1-2H3,(H2,12,13,14)/t7-/m1/s1. The van der Waals surface area contributed by atoms with Crippen LogP contribution in [-0.2, 0) is 0 Å². The molecule has 0 fully saturated rings. The zero-order chi connectivity index (χ0) is 10.6. The highest BCUT2D eigenvalue weighted by Gasteiger charge is 2.05. The van der Waals surface area contributed by atoms with Gasteiger partial charge < -0.3 is 10.6 Å². The zero-order valence-electron chi connectivity index (χ0n) is 8.17. The maximum absolute atomic E-state index is 12.6. The molecule has 2 N–H and O–H groups in total. The fraction of sp³-hybridized carbons (Fsp3) is 0.300. The molecular formula is C10H13FN2S. The molecule has 4 heteroatoms. The van der Waals surface area contributed by atoms with E-state index in [4.69, 9.17) is 12.2 Å². The van der Waals surface area contributed by atoms with E-state index in [0.29, 0.717) is 5.11 Å². The highest BCUT2D eigenvalue weighted by Crippen LogP contribution is 2.12. The molecule has 0 spiro atoms. The molecular weight excluding hydrogens is 199 g/mol. The van der Waals surface area contributed by atoms with Gasteiger partial charge in [-0.15, -0.1) is 0 Å². The second kappa shape index (κ2) is 4.91. The van der Waals surface area contributed by atoms with Gasteiger partial charge in [0.25, 0.3) is 0 Å². The molecule has 0 radical (unpaired) electrons. The first kappa shape index (κ1) is 10.9. The summed E-state index contributed by atoms with van der Waals surface area (Å²) in [7, 11) is 1.76. The van der Waals surface area contributed by atoms with Crippen molar-refractivity contribution in [3.63, 3.8) is 0 Å². The third-order valence-corrected chi connectivity index (χ3v) is 2.27. The lowest BCUT2D eigenvalue weighted by atomic mass is 10.1. The Hall–Kier alpha value is -1.16. The topological polar surface area (TPSA) is 24.1 Å². The van der Waals surface area contributed by atoms with Gasteiger partial charge in [0.1, 0.15) is 5.82 Å². The highest BCUT2D eigenvalue weighted by atomic mass is 32.1. The third kappa shape index (κ3) is 2.96. The Bertz CT molecular complexity index is 310. The molecule has 0 amide bonds. The van der Waals surface area contributed by atoms with Crippen LogP contribution in [0.1, 0.15) is 18.5 Å². The smallest absolute Gasteiger partial charge is 0.166 e. The molecule has 76 valence electrons. The maximum Gasteiger partial charge on any atom is 0.166 e. The van der Waals surface area contributed by atoms with Crippen molar-refractivity contribution in [2.45, 2.75) is 13.0 Å². The summed E-state index contributed by atoms with van der Waals surface area (Å²) >= 11 is 4.96. The largest absolute Gasteiger partial charge is 0.366 e. The predicted molar refractivity (Wildman–Crippen MR) is 59.6 cm³/mol. The summed E-state index contributed by atoms with van der Waals surface area (Å²) in [6.45, 7) is 1.97. The molecule has 14 heavy (non-hydrogen) atoms. The summed E-state index contributed by atoms with van der Waals surface area (Å²) in [5, 5.41) is 6.47. The number of halogens is 1. The molecule has 0 aromatic heterocycles. The van der Waals surface area contributed by atoms with Gasteiger partial charge in [-0.3, -0.25) is 0 Å². The Morgan fingerprint density at radius 3 is 2.43 bits per heavy atom. The summed E-state index contributed by atoms with van der Waals surface area (Å²) in [5.74, 6) is -0.225. The lowest BCUT2D eigenvalue weighted by Gasteiger charge is -2.15. The lowest BCUT2D eigenvalue weighted by molar-refractivity contribution is 0.624. The van der Waals surface area contributed by atoms with Crippen LogP contribution in [0.5, 0.6) is 0 Å². The Morgan fingerprint density at radius 1 is 1.36 bits per heavy atom. The number of hydrogen-bond acceptors (Lipinski definition) is 1. The van der Waals surface area contributed by atoms with E-state index in [0.717, 1.165) is 5.56 Å². The van der Waals surface area contributed by atoms with Crippen molar-refractivity contribution in [3.05, 3.63) is 35.6 Å². The van der Waals surface area contributed by atoms with Crippen LogP contribution in [0.4, 0.5) is 4.39 Å². The van der Waals surface area contributed by atoms with Gasteiger partial charge in [0.2, 0.25) is 0 Å². The van der Waals surface area contributed by atoms with Crippen molar-refractivity contribution in [3.8, 4) is 0 Å². The van der Waals surface area contributed by atoms with Crippen LogP contribution in [0.15, 0.2) is 24.3 Å². The number of rotatable bonds is 2. The third-order valence-electron chi connectivity index (χ3n) is 1.94. The number of hydrogen-bond donors (Lipinski definition) is 2. The Kier molecular flexibility index (Phi) is 3.83. The normalized spacial score (nSPS) is 11.9. The molecule has 1 rings (SSSR count). The van der Waals surface area contributed by atoms with Gasteiger partial charge in [0, 0.05) is 7.05 Å². The van der Waals surface area contributed by atoms with Gasteiger partial charge in [0.15, 0.2) is 5.11 Å². The van der Waals surface area contributed by atoms with Crippen molar-refractivity contribution in [2.24, 2.45) is 0 Å². The van der Waals surface area contributed by atoms with Gasteiger partial charge in [-0.05, 0) is 36.8 Å². The summed E-state index contributed by atoms with van der Waals surface area (Å²) in [6.07, 6.45) is 0. The van der Waals surface area contributed by atoms with E-state index in [1.165, 1.54) is 12.1 Å². The lowest BCUT2D eigenvalue weighted by Crippen LogP contribution is -2.34. The minimum atomic E-state index is -0.225. The SMILES string of the molecule is CNC(=S)N[C@H](C)c1ccc(F)cc1. The van der Waals surface area contributed by atoms with Gasteiger partial charge in [-0.2, -0.15) is 0 Å². The molecule has 0 saturated carbocycles. The van der Waals surface area contributed by atoms with E-state index in [2.05, 4.69) is 10.6 Å². The minimum absolute atomic E-state index is 0.0792. The van der Waals surface area contributed by atoms with Crippen LogP contribution >= 0.6 is 12.2 Å². The van der Waals surface area contributed by atoms with Crippen molar-refractivity contribution < 1.29 is 4.39 Å². The van der Waals surface area contributed by atoms with Gasteiger partial charge in [-0.1, -0.05) is 12.1 Å². The van der Waals surface area contributed by atoms with E-state index < -0.39 is 0 Å². The number of nitrogens with one attached hydrogen (secondary N) is 2. The van der Waals surface area contributed by atoms with Crippen LogP contribution in [0.25, 0.3) is 0 Å². The van der Waals surface area contributed by atoms with Crippen molar-refractivity contribution >= 4 is 17.3 Å². The highest BCUT2D eigenvalue weighted by molar-refractivity contribution is 7.80. The molecule has 1 aromatic carbocycles. The quantitative estimate of drug-likeness (QED) is 0.733. The van der Waals surface area contributed by atoms with E-state index in [1.807, 2.05) is 6.92 Å². The number of thiocarbonyl (C=S) groups is 1. The van der Waals surface area contributed by atoms with Crippen LogP contribution in [0, 0.1) is 5.82 Å². The molecule has 0 saturated heterocycles. The predicted octanol–water partition coefficient (Wildman–Crippen LogP) is 1.98. The van der Waals surface area contributed by atoms with Gasteiger partial charge in [0.05, 0.1) is 6.04 Å². The van der Waals surface area contributed by atoms with Crippen molar-refractivity contribution in [1.29, 1.82) is 0 Å². The van der Waals surface area contributed by atoms with Crippen molar-refractivity contribution in [1.82, 2.24) is 10.6 Å². The first-order valence-electron chi connectivity index (χ1n) is 4.37. The molecule has 0 heterocycles. The van der Waals surface area contributed by atoms with Crippen LogP contribution in [-0.4, -0.2) is 12.2 Å². The maximum atomic E-state index is 12.6. The zero-order valence-corrected chi connectivity index (χ0v) is 8.99. The minimum Gasteiger partial charge on any atom is -0.366 e. The van der Waals surface area contributed by atoms with Crippen LogP contribution in [0.2, 0.25) is 0 Å². The second-order valence-electron chi connectivity index (χ2n) is 3.00. The Balaban J connectivity index is 2.65. The number of benzene rings is 1. The van der Waals surface area contributed by atoms with Gasteiger partial charge >= 0.3 is 0 Å². The van der Waals surface area contributed by atoms with Crippen molar-refractivity contribution in [2.75, 3.05) is 7.05 Å². The second-order valence-corrected chi connectivity index (χ2v) is 3.40. The van der Waals surface area contributed by atoms with E-state index in [1.54, 1.807) is 19.2 Å². The summed E-state index contributed by atoms with van der Waals surface area (Å²) in [5.41, 5.74) is 1.00. The molecule has 0 aliphatic rings. The van der Waals surface area contributed by atoms with Gasteiger partial charge in [-0.25, -0.2) is 4.39 Å². The Morgan fingerprint density at radius 2 is 1.93 bits per heavy atom. The molecule has 0 bridgehead atoms. The van der Waals surface area contributed by atoms with Crippen LogP contribution < -0.4 is 10.6 Å². The van der Waals surface area contributed by atoms with E-state index in [9.17, 15) is 4.39 Å². The molecule has 2 nitrogen and oxygen atoms in total. The Labute approximate surface area is 88.5 Å². The average molecular weight is 212 g/mol. The average Bonchev–Trinajstić information content (AvgIpc) is 2.18. The molecule has 0 aliphatic carbocycles. The fourth-order valence-electron chi connectivity index (χ4n) is 1.10. The molecule has 1 aromatic rings. The first-order valence-corrected chi connectivity index (χ1v) is 4.78. The molecule has 0 aliphatic heterocycles. The summed E-state index contributed by atoms with van der Waals surface area (Å²) < 4.78 is 12.6. The molecule has 0 unspecified atom stereocenters. The summed E-state index contributed by atoms with van der Waals surface area (Å²) in [4.78, 5) is 0. The monoisotopic (exact) mass is 212 g/mol. The molecule has 1 atom stereocenters. The summed E-state index contributed by atoms with van der Waals surface area (Å²) in [6, 6.07) is 6.44. The first-order chi connectivity index (χ1) is 6.63. The van der Waals surface area contributed by atoms with E-state index >= 15 is 0 Å². The van der Waals surface area contributed by atoms with E-state index in [-0.39, 0.29) is 11.9 Å².